The maximum atomic E-state index is 9.49. The number of aliphatic hydroxyl groups is 1. The molecule has 11 heavy (non-hydrogen) atoms. The van der Waals surface area contributed by atoms with E-state index >= 15 is 0 Å². The molecule has 0 radical (unpaired) electrons. The first-order valence-electron chi connectivity index (χ1n) is 4.08. The van der Waals surface area contributed by atoms with E-state index < -0.39 is 6.10 Å². The van der Waals surface area contributed by atoms with Gasteiger partial charge in [0.2, 0.25) is 0 Å². The Morgan fingerprint density at radius 1 is 1.45 bits per heavy atom. The number of hydrogen-bond acceptors (Lipinski definition) is 3. The summed E-state index contributed by atoms with van der Waals surface area (Å²) in [5.41, 5.74) is 0. The molecule has 3 atom stereocenters. The number of aliphatic hydroxyl groups excluding tert-OH is 1. The number of rotatable bonds is 2. The zero-order chi connectivity index (χ0) is 8.43. The molecule has 1 saturated heterocycles. The van der Waals surface area contributed by atoms with Crippen LogP contribution in [0.3, 0.4) is 0 Å². The van der Waals surface area contributed by atoms with Crippen molar-refractivity contribution in [1.82, 2.24) is 0 Å². The summed E-state index contributed by atoms with van der Waals surface area (Å²) < 4.78 is 5.49. The van der Waals surface area contributed by atoms with E-state index in [1.165, 1.54) is 0 Å². The molecule has 3 heteroatoms. The number of hydrogen-bond donors (Lipinski definition) is 1. The highest BCUT2D eigenvalue weighted by Gasteiger charge is 2.36. The number of ether oxygens (including phenoxy) is 1. The summed E-state index contributed by atoms with van der Waals surface area (Å²) in [4.78, 5) is 0.680. The number of thiocarbonyl (C=S) groups is 1. The van der Waals surface area contributed by atoms with E-state index in [1.54, 1.807) is 0 Å². The predicted octanol–water partition coefficient (Wildman–Crippen LogP) is 1.30. The van der Waals surface area contributed by atoms with Gasteiger partial charge in [-0.15, -0.1) is 0 Å². The molecule has 3 unspecified atom stereocenters. The van der Waals surface area contributed by atoms with Crippen molar-refractivity contribution in [1.29, 1.82) is 0 Å². The van der Waals surface area contributed by atoms with Gasteiger partial charge < -0.3 is 9.84 Å². The summed E-state index contributed by atoms with van der Waals surface area (Å²) in [6, 6.07) is 0. The van der Waals surface area contributed by atoms with Crippen LogP contribution >= 0.6 is 12.2 Å². The Morgan fingerprint density at radius 3 is 2.36 bits per heavy atom. The Balaban J connectivity index is 2.61. The molecule has 0 saturated carbocycles. The van der Waals surface area contributed by atoms with Crippen molar-refractivity contribution in [3.63, 3.8) is 0 Å². The third-order valence-corrected chi connectivity index (χ3v) is 2.58. The van der Waals surface area contributed by atoms with Gasteiger partial charge in [-0.2, -0.15) is 0 Å². The van der Waals surface area contributed by atoms with Crippen molar-refractivity contribution in [2.45, 2.75) is 45.0 Å². The Bertz CT molecular complexity index is 154. The second kappa shape index (κ2) is 3.61. The van der Waals surface area contributed by atoms with Crippen molar-refractivity contribution < 1.29 is 9.84 Å². The lowest BCUT2D eigenvalue weighted by Crippen LogP contribution is -2.25. The van der Waals surface area contributed by atoms with Crippen LogP contribution in [-0.4, -0.2) is 28.3 Å². The minimum absolute atomic E-state index is 0.00458. The molecule has 0 aromatic carbocycles. The third kappa shape index (κ3) is 1.60. The lowest BCUT2D eigenvalue weighted by atomic mass is 10.1. The molecule has 1 aliphatic heterocycles. The van der Waals surface area contributed by atoms with Gasteiger partial charge in [-0.1, -0.05) is 26.1 Å². The van der Waals surface area contributed by atoms with Crippen LogP contribution in [0.15, 0.2) is 0 Å². The third-order valence-electron chi connectivity index (χ3n) is 2.07. The van der Waals surface area contributed by atoms with Crippen LogP contribution in [0, 0.1) is 0 Å². The summed E-state index contributed by atoms with van der Waals surface area (Å²) in [5.74, 6) is 0. The van der Waals surface area contributed by atoms with Gasteiger partial charge in [0, 0.05) is 0 Å². The normalized spacial score (nSPS) is 38.1. The Labute approximate surface area is 72.6 Å². The summed E-state index contributed by atoms with van der Waals surface area (Å²) in [7, 11) is 0. The molecular formula is C8H14O2S. The molecule has 1 rings (SSSR count). The van der Waals surface area contributed by atoms with Gasteiger partial charge in [-0.25, -0.2) is 0 Å². The molecule has 0 aromatic heterocycles. The summed E-state index contributed by atoms with van der Waals surface area (Å²) in [6.45, 7) is 4.01. The first-order valence-corrected chi connectivity index (χ1v) is 4.48. The van der Waals surface area contributed by atoms with Crippen LogP contribution in [0.5, 0.6) is 0 Å². The average Bonchev–Trinajstić information content (AvgIpc) is 2.30. The average molecular weight is 174 g/mol. The molecule has 1 heterocycles. The van der Waals surface area contributed by atoms with Crippen LogP contribution in [0.25, 0.3) is 0 Å². The molecule has 0 spiro atoms. The van der Waals surface area contributed by atoms with E-state index in [4.69, 9.17) is 17.0 Å². The highest BCUT2D eigenvalue weighted by molar-refractivity contribution is 7.80. The monoisotopic (exact) mass is 174 g/mol. The standard InChI is InChI=1S/C8H14O2S/c1-3-5-7(9)8(11)6(4-2)10-5/h5-7,9H,3-4H2,1-2H3. The summed E-state index contributed by atoms with van der Waals surface area (Å²) in [5, 5.41) is 9.49. The van der Waals surface area contributed by atoms with Gasteiger partial charge in [-0.05, 0) is 12.8 Å². The Morgan fingerprint density at radius 2 is 2.09 bits per heavy atom. The van der Waals surface area contributed by atoms with E-state index in [9.17, 15) is 5.11 Å². The lowest BCUT2D eigenvalue weighted by molar-refractivity contribution is 0.00766. The molecule has 0 aliphatic carbocycles. The van der Waals surface area contributed by atoms with Gasteiger partial charge in [0.1, 0.15) is 6.10 Å². The maximum absolute atomic E-state index is 9.49. The topological polar surface area (TPSA) is 29.5 Å². The van der Waals surface area contributed by atoms with Crippen LogP contribution in [0.1, 0.15) is 26.7 Å². The first-order chi connectivity index (χ1) is 5.20. The molecule has 2 nitrogen and oxygen atoms in total. The lowest BCUT2D eigenvalue weighted by Gasteiger charge is -2.09. The highest BCUT2D eigenvalue weighted by Crippen LogP contribution is 2.22. The predicted molar refractivity (Wildman–Crippen MR) is 47.8 cm³/mol. The van der Waals surface area contributed by atoms with Crippen molar-refractivity contribution in [3.05, 3.63) is 0 Å². The van der Waals surface area contributed by atoms with Crippen LogP contribution in [0.2, 0.25) is 0 Å². The Hall–Kier alpha value is 0.01000. The van der Waals surface area contributed by atoms with Crippen LogP contribution in [-0.2, 0) is 4.74 Å². The molecular weight excluding hydrogens is 160 g/mol. The maximum Gasteiger partial charge on any atom is 0.114 e. The smallest absolute Gasteiger partial charge is 0.114 e. The van der Waals surface area contributed by atoms with Crippen LogP contribution < -0.4 is 0 Å². The fraction of sp³-hybridized carbons (Fsp3) is 0.875. The highest BCUT2D eigenvalue weighted by atomic mass is 32.1. The van der Waals surface area contributed by atoms with E-state index in [-0.39, 0.29) is 12.2 Å². The Kier molecular flexibility index (Phi) is 2.98. The minimum Gasteiger partial charge on any atom is -0.385 e. The van der Waals surface area contributed by atoms with E-state index in [1.807, 2.05) is 13.8 Å². The molecule has 64 valence electrons. The van der Waals surface area contributed by atoms with E-state index in [0.29, 0.717) is 4.86 Å². The van der Waals surface area contributed by atoms with Crippen LogP contribution in [0.4, 0.5) is 0 Å². The summed E-state index contributed by atoms with van der Waals surface area (Å²) in [6.07, 6.45) is 1.13. The first kappa shape index (κ1) is 9.10. The van der Waals surface area contributed by atoms with Crippen molar-refractivity contribution >= 4 is 17.1 Å². The fourth-order valence-electron chi connectivity index (χ4n) is 1.34. The zero-order valence-electron chi connectivity index (χ0n) is 6.91. The second-order valence-corrected chi connectivity index (χ2v) is 3.30. The van der Waals surface area contributed by atoms with E-state index in [2.05, 4.69) is 0 Å². The van der Waals surface area contributed by atoms with Gasteiger partial charge in [0.25, 0.3) is 0 Å². The molecule has 1 fully saturated rings. The van der Waals surface area contributed by atoms with E-state index in [0.717, 1.165) is 12.8 Å². The molecule has 1 N–H and O–H groups in total. The minimum atomic E-state index is -0.514. The van der Waals surface area contributed by atoms with Crippen molar-refractivity contribution in [2.24, 2.45) is 0 Å². The summed E-state index contributed by atoms with van der Waals surface area (Å²) >= 11 is 5.03. The molecule has 1 aliphatic rings. The second-order valence-electron chi connectivity index (χ2n) is 2.83. The van der Waals surface area contributed by atoms with Gasteiger partial charge in [0.15, 0.2) is 0 Å². The SMILES string of the molecule is CCC1OC(CC)C(O)C1=S. The quantitative estimate of drug-likeness (QED) is 0.640. The zero-order valence-corrected chi connectivity index (χ0v) is 7.73. The van der Waals surface area contributed by atoms with Gasteiger partial charge >= 0.3 is 0 Å². The van der Waals surface area contributed by atoms with Gasteiger partial charge in [-0.3, -0.25) is 0 Å². The fourth-order valence-corrected chi connectivity index (χ4v) is 1.72. The van der Waals surface area contributed by atoms with Crippen molar-refractivity contribution in [2.75, 3.05) is 0 Å². The largest absolute Gasteiger partial charge is 0.385 e. The molecule has 0 bridgehead atoms. The van der Waals surface area contributed by atoms with Crippen molar-refractivity contribution in [3.8, 4) is 0 Å². The van der Waals surface area contributed by atoms with Gasteiger partial charge in [0.05, 0.1) is 17.1 Å². The molecule has 0 aromatic rings. The molecule has 0 amide bonds.